The zero-order valence-electron chi connectivity index (χ0n) is 18.7. The first-order valence-electron chi connectivity index (χ1n) is 10.8. The van der Waals surface area contributed by atoms with E-state index in [0.717, 1.165) is 34.6 Å². The van der Waals surface area contributed by atoms with E-state index in [0.29, 0.717) is 23.8 Å². The Labute approximate surface area is 212 Å². The quantitative estimate of drug-likeness (QED) is 0.446. The minimum Gasteiger partial charge on any atom is -0.497 e. The van der Waals surface area contributed by atoms with Gasteiger partial charge in [-0.25, -0.2) is 4.98 Å². The molecule has 1 N–H and O–H groups in total. The van der Waals surface area contributed by atoms with Gasteiger partial charge in [0.1, 0.15) is 5.75 Å². The van der Waals surface area contributed by atoms with Crippen molar-refractivity contribution in [1.29, 1.82) is 0 Å². The second-order valence-corrected chi connectivity index (χ2v) is 10.2. The van der Waals surface area contributed by atoms with Crippen molar-refractivity contribution in [2.75, 3.05) is 49.3 Å². The number of amides is 2. The number of thiazole rings is 1. The van der Waals surface area contributed by atoms with Crippen LogP contribution < -0.4 is 15.0 Å². The number of benzene rings is 2. The van der Waals surface area contributed by atoms with Crippen LogP contribution >= 0.6 is 34.7 Å². The lowest BCUT2D eigenvalue weighted by molar-refractivity contribution is -0.130. The number of nitrogens with zero attached hydrogens (tertiary/aromatic N) is 3. The standard InChI is InChI=1S/C24H25ClN4O3S2/c1-32-21-4-2-3-20(14-21)28-9-11-29(12-10-28)23(31)13-19-15-33-24(27-19)34-16-22(30)26-18-7-5-17(25)6-8-18/h2-8,14-15H,9-13,16H2,1H3,(H,26,30). The van der Waals surface area contributed by atoms with E-state index in [2.05, 4.69) is 21.3 Å². The van der Waals surface area contributed by atoms with Crippen molar-refractivity contribution in [1.82, 2.24) is 9.88 Å². The third kappa shape index (κ3) is 6.65. The highest BCUT2D eigenvalue weighted by atomic mass is 35.5. The van der Waals surface area contributed by atoms with Gasteiger partial charge >= 0.3 is 0 Å². The fourth-order valence-electron chi connectivity index (χ4n) is 3.58. The molecular weight excluding hydrogens is 492 g/mol. The maximum Gasteiger partial charge on any atom is 0.234 e. The number of ether oxygens (including phenoxy) is 1. The fraction of sp³-hybridized carbons (Fsp3) is 0.292. The molecular formula is C24H25ClN4O3S2. The highest BCUT2D eigenvalue weighted by Gasteiger charge is 2.22. The number of hydrogen-bond donors (Lipinski definition) is 1. The minimum absolute atomic E-state index is 0.0765. The van der Waals surface area contributed by atoms with E-state index in [4.69, 9.17) is 16.3 Å². The van der Waals surface area contributed by atoms with Gasteiger partial charge in [-0.05, 0) is 36.4 Å². The van der Waals surface area contributed by atoms with Crippen LogP contribution in [0.15, 0.2) is 58.3 Å². The van der Waals surface area contributed by atoms with E-state index in [-0.39, 0.29) is 24.0 Å². The Hall–Kier alpha value is -2.75. The smallest absolute Gasteiger partial charge is 0.234 e. The number of halogens is 1. The maximum atomic E-state index is 12.8. The van der Waals surface area contributed by atoms with Crippen LogP contribution in [0.3, 0.4) is 0 Å². The van der Waals surface area contributed by atoms with Gasteiger partial charge in [0, 0.05) is 54.0 Å². The summed E-state index contributed by atoms with van der Waals surface area (Å²) in [5, 5.41) is 5.34. The van der Waals surface area contributed by atoms with Gasteiger partial charge in [-0.3, -0.25) is 9.59 Å². The summed E-state index contributed by atoms with van der Waals surface area (Å²) in [5.74, 6) is 1.04. The summed E-state index contributed by atoms with van der Waals surface area (Å²) in [7, 11) is 1.66. The molecule has 1 aromatic heterocycles. The van der Waals surface area contributed by atoms with Crippen LogP contribution in [0.1, 0.15) is 5.69 Å². The summed E-state index contributed by atoms with van der Waals surface area (Å²) >= 11 is 8.68. The molecule has 1 aliphatic heterocycles. The van der Waals surface area contributed by atoms with Gasteiger partial charge in [-0.2, -0.15) is 0 Å². The molecule has 1 fully saturated rings. The van der Waals surface area contributed by atoms with Crippen molar-refractivity contribution >= 4 is 57.9 Å². The second kappa shape index (κ2) is 11.6. The summed E-state index contributed by atoms with van der Waals surface area (Å²) in [6, 6.07) is 15.0. The largest absolute Gasteiger partial charge is 0.497 e. The molecule has 4 rings (SSSR count). The number of piperazine rings is 1. The monoisotopic (exact) mass is 516 g/mol. The van der Waals surface area contributed by atoms with Crippen molar-refractivity contribution in [3.8, 4) is 5.75 Å². The molecule has 10 heteroatoms. The first-order chi connectivity index (χ1) is 16.5. The van der Waals surface area contributed by atoms with Gasteiger partial charge in [0.2, 0.25) is 11.8 Å². The van der Waals surface area contributed by atoms with Crippen molar-refractivity contribution in [2.24, 2.45) is 0 Å². The highest BCUT2D eigenvalue weighted by Crippen LogP contribution is 2.25. The normalized spacial score (nSPS) is 13.6. The number of aromatic nitrogens is 1. The first kappa shape index (κ1) is 24.4. The predicted molar refractivity (Wildman–Crippen MR) is 138 cm³/mol. The molecule has 0 aliphatic carbocycles. The molecule has 1 saturated heterocycles. The molecule has 0 radical (unpaired) electrons. The van der Waals surface area contributed by atoms with Crippen LogP contribution in [0.5, 0.6) is 5.75 Å². The van der Waals surface area contributed by atoms with E-state index in [1.165, 1.54) is 23.1 Å². The number of methoxy groups -OCH3 is 1. The summed E-state index contributed by atoms with van der Waals surface area (Å²) in [4.78, 5) is 33.6. The Morgan fingerprint density at radius 1 is 1.15 bits per heavy atom. The molecule has 0 spiro atoms. The summed E-state index contributed by atoms with van der Waals surface area (Å²) < 4.78 is 6.08. The lowest BCUT2D eigenvalue weighted by Gasteiger charge is -2.36. The zero-order valence-corrected chi connectivity index (χ0v) is 21.1. The number of carbonyl (C=O) groups is 2. The number of carbonyl (C=O) groups excluding carboxylic acids is 2. The number of anilines is 2. The van der Waals surface area contributed by atoms with Crippen molar-refractivity contribution in [2.45, 2.75) is 10.8 Å². The molecule has 178 valence electrons. The molecule has 0 unspecified atom stereocenters. The van der Waals surface area contributed by atoms with Crippen LogP contribution in [0.25, 0.3) is 0 Å². The first-order valence-corrected chi connectivity index (χ1v) is 13.0. The van der Waals surface area contributed by atoms with E-state index in [9.17, 15) is 9.59 Å². The molecule has 0 atom stereocenters. The second-order valence-electron chi connectivity index (χ2n) is 7.69. The Kier molecular flexibility index (Phi) is 8.31. The van der Waals surface area contributed by atoms with Crippen molar-refractivity contribution in [3.63, 3.8) is 0 Å². The Balaban J connectivity index is 1.22. The lowest BCUT2D eigenvalue weighted by Crippen LogP contribution is -2.49. The number of hydrogen-bond acceptors (Lipinski definition) is 7. The average Bonchev–Trinajstić information content (AvgIpc) is 3.31. The van der Waals surface area contributed by atoms with Gasteiger partial charge in [-0.1, -0.05) is 29.4 Å². The molecule has 2 aromatic carbocycles. The summed E-state index contributed by atoms with van der Waals surface area (Å²) in [5.41, 5.74) is 2.55. The molecule has 7 nitrogen and oxygen atoms in total. The number of thioether (sulfide) groups is 1. The molecule has 0 saturated carbocycles. The third-order valence-corrected chi connectivity index (χ3v) is 7.69. The van der Waals surface area contributed by atoms with E-state index < -0.39 is 0 Å². The number of nitrogens with one attached hydrogen (secondary N) is 1. The Morgan fingerprint density at radius 2 is 1.91 bits per heavy atom. The summed E-state index contributed by atoms with van der Waals surface area (Å²) in [6.45, 7) is 2.90. The van der Waals surface area contributed by atoms with E-state index >= 15 is 0 Å². The van der Waals surface area contributed by atoms with Gasteiger partial charge in [0.25, 0.3) is 0 Å². The predicted octanol–water partition coefficient (Wildman–Crippen LogP) is 4.43. The Bertz CT molecular complexity index is 1130. The molecule has 3 aromatic rings. The maximum absolute atomic E-state index is 12.8. The van der Waals surface area contributed by atoms with Crippen molar-refractivity contribution in [3.05, 3.63) is 64.6 Å². The minimum atomic E-state index is -0.117. The highest BCUT2D eigenvalue weighted by molar-refractivity contribution is 8.01. The fourth-order valence-corrected chi connectivity index (χ4v) is 5.35. The van der Waals surface area contributed by atoms with E-state index in [1.54, 1.807) is 31.4 Å². The number of rotatable bonds is 8. The van der Waals surface area contributed by atoms with Crippen LogP contribution in [-0.4, -0.2) is 60.7 Å². The lowest BCUT2D eigenvalue weighted by atomic mass is 10.2. The summed E-state index contributed by atoms with van der Waals surface area (Å²) in [6.07, 6.45) is 0.271. The van der Waals surface area contributed by atoms with Crippen LogP contribution in [0.2, 0.25) is 5.02 Å². The topological polar surface area (TPSA) is 74.8 Å². The van der Waals surface area contributed by atoms with Crippen molar-refractivity contribution < 1.29 is 14.3 Å². The third-order valence-electron chi connectivity index (χ3n) is 5.37. The Morgan fingerprint density at radius 3 is 2.65 bits per heavy atom. The SMILES string of the molecule is COc1cccc(N2CCN(C(=O)Cc3csc(SCC(=O)Nc4ccc(Cl)cc4)n3)CC2)c1. The van der Waals surface area contributed by atoms with Crippen LogP contribution in [0.4, 0.5) is 11.4 Å². The van der Waals surface area contributed by atoms with E-state index in [1.807, 2.05) is 28.5 Å². The molecule has 2 heterocycles. The molecule has 34 heavy (non-hydrogen) atoms. The molecule has 0 bridgehead atoms. The van der Waals surface area contributed by atoms with Gasteiger partial charge < -0.3 is 19.9 Å². The molecule has 1 aliphatic rings. The van der Waals surface area contributed by atoms with Gasteiger partial charge in [-0.15, -0.1) is 11.3 Å². The average molecular weight is 517 g/mol. The molecule has 2 amide bonds. The van der Waals surface area contributed by atoms with Crippen LogP contribution in [0, 0.1) is 0 Å². The zero-order chi connectivity index (χ0) is 23.9. The van der Waals surface area contributed by atoms with Gasteiger partial charge in [0.05, 0.1) is 25.0 Å². The van der Waals surface area contributed by atoms with Gasteiger partial charge in [0.15, 0.2) is 4.34 Å². The van der Waals surface area contributed by atoms with Crippen LogP contribution in [-0.2, 0) is 16.0 Å².